The number of fused-ring (bicyclic) bond motifs is 2. The van der Waals surface area contributed by atoms with Crippen molar-refractivity contribution in [2.45, 2.75) is 13.0 Å². The number of nitrogens with one attached hydrogen (secondary N) is 1. The largest absolute Gasteiger partial charge is 0.377 e. The molecule has 0 spiro atoms. The highest BCUT2D eigenvalue weighted by Gasteiger charge is 2.25. The zero-order valence-electron chi connectivity index (χ0n) is 16.0. The van der Waals surface area contributed by atoms with E-state index in [-0.39, 0.29) is 6.04 Å². The minimum Gasteiger partial charge on any atom is -0.377 e. The average molecular weight is 412 g/mol. The van der Waals surface area contributed by atoms with Crippen molar-refractivity contribution in [2.75, 3.05) is 30.9 Å². The van der Waals surface area contributed by atoms with Gasteiger partial charge < -0.3 is 14.6 Å². The van der Waals surface area contributed by atoms with Gasteiger partial charge in [0.15, 0.2) is 11.3 Å². The van der Waals surface area contributed by atoms with Crippen molar-refractivity contribution in [3.05, 3.63) is 36.9 Å². The van der Waals surface area contributed by atoms with Crippen molar-refractivity contribution >= 4 is 37.9 Å². The number of aromatic nitrogens is 5. The molecule has 1 N–H and O–H groups in total. The van der Waals surface area contributed by atoms with Crippen LogP contribution in [0.15, 0.2) is 36.9 Å². The fourth-order valence-electron chi connectivity index (χ4n) is 3.86. The van der Waals surface area contributed by atoms with Gasteiger partial charge in [0.25, 0.3) is 0 Å². The number of hydrogen-bond acceptors (Lipinski definition) is 7. The second-order valence-corrected chi connectivity index (χ2v) is 9.07. The molecule has 10 heteroatoms. The highest BCUT2D eigenvalue weighted by molar-refractivity contribution is 7.89. The van der Waals surface area contributed by atoms with Gasteiger partial charge in [-0.25, -0.2) is 27.3 Å². The molecule has 0 saturated carbocycles. The second-order valence-electron chi connectivity index (χ2n) is 7.22. The predicted molar refractivity (Wildman–Crippen MR) is 110 cm³/mol. The number of imidazole rings is 1. The maximum Gasteiger partial charge on any atom is 0.237 e. The number of ether oxygens (including phenoxy) is 1. The third-order valence-electron chi connectivity index (χ3n) is 5.24. The number of hydrogen-bond donors (Lipinski definition) is 1. The Balaban J connectivity index is 1.82. The van der Waals surface area contributed by atoms with Gasteiger partial charge in [0.05, 0.1) is 42.7 Å². The van der Waals surface area contributed by atoms with Crippen molar-refractivity contribution in [2.24, 2.45) is 0 Å². The zero-order chi connectivity index (χ0) is 20.2. The number of aromatic amines is 1. The summed E-state index contributed by atoms with van der Waals surface area (Å²) < 4.78 is 31.5. The molecule has 1 fully saturated rings. The number of H-pyrrole nitrogens is 1. The molecule has 0 aliphatic carbocycles. The molecule has 0 aromatic carbocycles. The van der Waals surface area contributed by atoms with Gasteiger partial charge >= 0.3 is 0 Å². The maximum absolute atomic E-state index is 12.3. The summed E-state index contributed by atoms with van der Waals surface area (Å²) >= 11 is 0. The molecule has 9 nitrogen and oxygen atoms in total. The first-order valence-corrected chi connectivity index (χ1v) is 11.1. The van der Waals surface area contributed by atoms with Crippen molar-refractivity contribution < 1.29 is 13.2 Å². The molecular weight excluding hydrogens is 392 g/mol. The minimum atomic E-state index is -3.50. The molecule has 5 rings (SSSR count). The number of pyridine rings is 2. The summed E-state index contributed by atoms with van der Waals surface area (Å²) in [5, 5.41) is 0.794. The van der Waals surface area contributed by atoms with Crippen LogP contribution in [-0.4, -0.2) is 64.4 Å². The summed E-state index contributed by atoms with van der Waals surface area (Å²) in [6, 6.07) is 5.83. The van der Waals surface area contributed by atoms with Crippen LogP contribution >= 0.6 is 0 Å². The number of morpholine rings is 1. The predicted octanol–water partition coefficient (Wildman–Crippen LogP) is 2.01. The summed E-state index contributed by atoms with van der Waals surface area (Å²) in [4.78, 5) is 18.6. The third kappa shape index (κ3) is 2.95. The van der Waals surface area contributed by atoms with Gasteiger partial charge in [-0.15, -0.1) is 0 Å². The molecule has 150 valence electrons. The van der Waals surface area contributed by atoms with E-state index in [4.69, 9.17) is 9.72 Å². The standard InChI is InChI=1S/C19H20N6O3S/c1-12-10-28-8-7-24(12)16-9-15(13-3-5-20-18-17(13)21-11-22-18)23-19-14(16)4-6-25(19)29(2,26)27/h3-6,9,11-12H,7-8,10H2,1-2H3,(H,20,21,22). The third-order valence-corrected chi connectivity index (χ3v) is 6.25. The van der Waals surface area contributed by atoms with Gasteiger partial charge in [0, 0.05) is 35.9 Å². The smallest absolute Gasteiger partial charge is 0.237 e. The molecule has 1 aliphatic rings. The van der Waals surface area contributed by atoms with Crippen LogP contribution in [0.25, 0.3) is 33.5 Å². The molecule has 0 amide bonds. The summed E-state index contributed by atoms with van der Waals surface area (Å²) in [7, 11) is -3.50. The van der Waals surface area contributed by atoms with E-state index >= 15 is 0 Å². The van der Waals surface area contributed by atoms with Crippen LogP contribution in [-0.2, 0) is 14.8 Å². The van der Waals surface area contributed by atoms with Gasteiger partial charge in [0.1, 0.15) is 0 Å². The van der Waals surface area contributed by atoms with Crippen LogP contribution in [0.4, 0.5) is 5.69 Å². The highest BCUT2D eigenvalue weighted by atomic mass is 32.2. The van der Waals surface area contributed by atoms with E-state index in [1.807, 2.05) is 18.2 Å². The van der Waals surface area contributed by atoms with E-state index in [9.17, 15) is 8.42 Å². The zero-order valence-corrected chi connectivity index (χ0v) is 16.8. The van der Waals surface area contributed by atoms with E-state index in [1.54, 1.807) is 18.7 Å². The monoisotopic (exact) mass is 412 g/mol. The molecule has 1 unspecified atom stereocenters. The number of rotatable bonds is 3. The van der Waals surface area contributed by atoms with Gasteiger partial charge in [0.2, 0.25) is 10.0 Å². The first-order valence-electron chi connectivity index (χ1n) is 9.29. The molecule has 1 saturated heterocycles. The highest BCUT2D eigenvalue weighted by Crippen LogP contribution is 2.35. The Kier molecular flexibility index (Phi) is 4.07. The summed E-state index contributed by atoms with van der Waals surface area (Å²) in [5.74, 6) is 0. The molecule has 0 radical (unpaired) electrons. The van der Waals surface area contributed by atoms with Crippen LogP contribution in [0.2, 0.25) is 0 Å². The Labute approximate surface area is 167 Å². The van der Waals surface area contributed by atoms with E-state index in [0.717, 1.165) is 28.7 Å². The topological polar surface area (TPSA) is 106 Å². The molecule has 29 heavy (non-hydrogen) atoms. The van der Waals surface area contributed by atoms with Gasteiger partial charge in [-0.1, -0.05) is 0 Å². The van der Waals surface area contributed by atoms with Gasteiger partial charge in [-0.05, 0) is 25.1 Å². The van der Waals surface area contributed by atoms with Crippen LogP contribution in [0.3, 0.4) is 0 Å². The summed E-state index contributed by atoms with van der Waals surface area (Å²) in [6.45, 7) is 4.06. The van der Waals surface area contributed by atoms with Crippen molar-refractivity contribution in [1.82, 2.24) is 23.9 Å². The lowest BCUT2D eigenvalue weighted by molar-refractivity contribution is 0.0991. The molecule has 4 aromatic heterocycles. The first kappa shape index (κ1) is 18.1. The van der Waals surface area contributed by atoms with Gasteiger partial charge in [-0.2, -0.15) is 0 Å². The molecule has 4 aromatic rings. The van der Waals surface area contributed by atoms with E-state index in [1.165, 1.54) is 10.2 Å². The molecular formula is C19H20N6O3S. The number of anilines is 1. The SMILES string of the molecule is CC1COCCN1c1cc(-c2ccnc3nc[nH]c23)nc2c1ccn2S(C)(=O)=O. The fraction of sp³-hybridized carbons (Fsp3) is 0.316. The lowest BCUT2D eigenvalue weighted by atomic mass is 10.1. The van der Waals surface area contributed by atoms with Crippen molar-refractivity contribution in [3.63, 3.8) is 0 Å². The summed E-state index contributed by atoms with van der Waals surface area (Å²) in [6.07, 6.45) is 6.00. The Morgan fingerprint density at radius 1 is 1.28 bits per heavy atom. The number of nitrogens with zero attached hydrogens (tertiary/aromatic N) is 5. The second kappa shape index (κ2) is 6.53. The lowest BCUT2D eigenvalue weighted by Crippen LogP contribution is -2.43. The quantitative estimate of drug-likeness (QED) is 0.549. The van der Waals surface area contributed by atoms with Crippen molar-refractivity contribution in [1.29, 1.82) is 0 Å². The van der Waals surface area contributed by atoms with Gasteiger partial charge in [-0.3, -0.25) is 0 Å². The van der Waals surface area contributed by atoms with Crippen LogP contribution in [0.1, 0.15) is 6.92 Å². The molecule has 5 heterocycles. The van der Waals surface area contributed by atoms with Crippen LogP contribution in [0, 0.1) is 0 Å². The minimum absolute atomic E-state index is 0.161. The lowest BCUT2D eigenvalue weighted by Gasteiger charge is -2.35. The molecule has 1 atom stereocenters. The Bertz CT molecular complexity index is 1330. The Morgan fingerprint density at radius 2 is 2.14 bits per heavy atom. The molecule has 0 bridgehead atoms. The van der Waals surface area contributed by atoms with E-state index in [2.05, 4.69) is 26.8 Å². The fourth-order valence-corrected chi connectivity index (χ4v) is 4.60. The van der Waals surface area contributed by atoms with E-state index in [0.29, 0.717) is 30.2 Å². The normalized spacial score (nSPS) is 18.0. The van der Waals surface area contributed by atoms with Crippen LogP contribution < -0.4 is 4.90 Å². The van der Waals surface area contributed by atoms with Crippen molar-refractivity contribution in [3.8, 4) is 11.3 Å². The Hall–Kier alpha value is -2.98. The first-order chi connectivity index (χ1) is 13.9. The van der Waals surface area contributed by atoms with E-state index < -0.39 is 10.0 Å². The van der Waals surface area contributed by atoms with Crippen LogP contribution in [0.5, 0.6) is 0 Å². The Morgan fingerprint density at radius 3 is 2.93 bits per heavy atom. The average Bonchev–Trinajstić information content (AvgIpc) is 3.34. The summed E-state index contributed by atoms with van der Waals surface area (Å²) in [5.41, 5.74) is 4.17. The molecule has 1 aliphatic heterocycles. The maximum atomic E-state index is 12.3.